The van der Waals surface area contributed by atoms with Crippen LogP contribution in [0.2, 0.25) is 0 Å². The van der Waals surface area contributed by atoms with E-state index in [0.717, 1.165) is 27.4 Å². The van der Waals surface area contributed by atoms with Crippen molar-refractivity contribution in [1.29, 1.82) is 0 Å². The Morgan fingerprint density at radius 1 is 1.48 bits per heavy atom. The third-order valence-electron chi connectivity index (χ3n) is 4.46. The maximum Gasteiger partial charge on any atom is 0.263 e. The number of amides is 1. The number of nitrogens with one attached hydrogen (secondary N) is 1. The smallest absolute Gasteiger partial charge is 0.263 e. The summed E-state index contributed by atoms with van der Waals surface area (Å²) in [6.07, 6.45) is 3.38. The molecule has 5 heteroatoms. The van der Waals surface area contributed by atoms with Crippen LogP contribution in [-0.2, 0) is 0 Å². The second-order valence-corrected chi connectivity index (χ2v) is 8.36. The summed E-state index contributed by atoms with van der Waals surface area (Å²) in [5.41, 5.74) is 6.94. The zero-order valence-corrected chi connectivity index (χ0v) is 14.6. The average Bonchev–Trinajstić information content (AvgIpc) is 2.91. The molecule has 112 valence electrons. The lowest BCUT2D eigenvalue weighted by atomic mass is 9.87. The highest BCUT2D eigenvalue weighted by molar-refractivity contribution is 9.10. The van der Waals surface area contributed by atoms with Crippen LogP contribution in [0.15, 0.2) is 22.7 Å². The highest BCUT2D eigenvalue weighted by Gasteiger charge is 2.36. The molecule has 3 nitrogen and oxygen atoms in total. The van der Waals surface area contributed by atoms with E-state index in [1.807, 2.05) is 18.2 Å². The molecule has 1 unspecified atom stereocenters. The van der Waals surface area contributed by atoms with Gasteiger partial charge in [-0.05, 0) is 36.5 Å². The highest BCUT2D eigenvalue weighted by Crippen LogP contribution is 2.39. The van der Waals surface area contributed by atoms with Gasteiger partial charge in [0.25, 0.3) is 5.91 Å². The van der Waals surface area contributed by atoms with Crippen LogP contribution < -0.4 is 11.1 Å². The van der Waals surface area contributed by atoms with Crippen LogP contribution in [0.3, 0.4) is 0 Å². The number of carbonyl (C=O) groups excluding carboxylic acids is 1. The maximum atomic E-state index is 12.6. The largest absolute Gasteiger partial charge is 0.397 e. The van der Waals surface area contributed by atoms with Gasteiger partial charge in [0.05, 0.1) is 5.69 Å². The molecular formula is C16H19BrN2OS. The van der Waals surface area contributed by atoms with Gasteiger partial charge in [0.1, 0.15) is 4.88 Å². The Hall–Kier alpha value is -1.07. The van der Waals surface area contributed by atoms with E-state index in [9.17, 15) is 4.79 Å². The molecule has 1 fully saturated rings. The van der Waals surface area contributed by atoms with Crippen molar-refractivity contribution in [1.82, 2.24) is 5.32 Å². The van der Waals surface area contributed by atoms with Crippen molar-refractivity contribution < 1.29 is 4.79 Å². The SMILES string of the molecule is CC1(C)CCCC1NC(=O)c1sc2ccc(Br)cc2c1N. The fourth-order valence-corrected chi connectivity index (χ4v) is 4.44. The predicted molar refractivity (Wildman–Crippen MR) is 92.8 cm³/mol. The maximum absolute atomic E-state index is 12.6. The van der Waals surface area contributed by atoms with Crippen molar-refractivity contribution in [3.05, 3.63) is 27.5 Å². The van der Waals surface area contributed by atoms with Crippen LogP contribution in [0.5, 0.6) is 0 Å². The minimum absolute atomic E-state index is 0.0372. The number of nitrogens with two attached hydrogens (primary N) is 1. The molecule has 1 saturated carbocycles. The van der Waals surface area contributed by atoms with Gasteiger partial charge in [-0.3, -0.25) is 4.79 Å². The van der Waals surface area contributed by atoms with Gasteiger partial charge in [0.15, 0.2) is 0 Å². The molecular weight excluding hydrogens is 348 g/mol. The van der Waals surface area contributed by atoms with Gasteiger partial charge in [-0.1, -0.05) is 36.2 Å². The van der Waals surface area contributed by atoms with Crippen molar-refractivity contribution in [2.24, 2.45) is 5.41 Å². The van der Waals surface area contributed by atoms with Gasteiger partial charge >= 0.3 is 0 Å². The van der Waals surface area contributed by atoms with Gasteiger partial charge in [0, 0.05) is 20.6 Å². The number of carbonyl (C=O) groups is 1. The fraction of sp³-hybridized carbons (Fsp3) is 0.438. The molecule has 1 aliphatic carbocycles. The Balaban J connectivity index is 1.90. The van der Waals surface area contributed by atoms with E-state index < -0.39 is 0 Å². The van der Waals surface area contributed by atoms with Crippen LogP contribution in [0.1, 0.15) is 42.8 Å². The van der Waals surface area contributed by atoms with E-state index in [2.05, 4.69) is 35.1 Å². The van der Waals surface area contributed by atoms with Crippen LogP contribution >= 0.6 is 27.3 Å². The molecule has 3 rings (SSSR count). The summed E-state index contributed by atoms with van der Waals surface area (Å²) in [5.74, 6) is -0.0372. The van der Waals surface area contributed by atoms with Gasteiger partial charge in [-0.15, -0.1) is 11.3 Å². The molecule has 0 aliphatic heterocycles. The highest BCUT2D eigenvalue weighted by atomic mass is 79.9. The Bertz CT molecular complexity index is 708. The Labute approximate surface area is 137 Å². The summed E-state index contributed by atoms with van der Waals surface area (Å²) >= 11 is 4.91. The van der Waals surface area contributed by atoms with Crippen LogP contribution in [0.4, 0.5) is 5.69 Å². The zero-order chi connectivity index (χ0) is 15.2. The molecule has 1 atom stereocenters. The van der Waals surface area contributed by atoms with Crippen molar-refractivity contribution in [2.75, 3.05) is 5.73 Å². The third-order valence-corrected chi connectivity index (χ3v) is 6.14. The van der Waals surface area contributed by atoms with E-state index >= 15 is 0 Å². The lowest BCUT2D eigenvalue weighted by Gasteiger charge is -2.27. The first-order valence-electron chi connectivity index (χ1n) is 7.17. The number of anilines is 1. The van der Waals surface area contributed by atoms with Crippen molar-refractivity contribution >= 4 is 48.9 Å². The summed E-state index contributed by atoms with van der Waals surface area (Å²) in [4.78, 5) is 13.2. The number of hydrogen-bond donors (Lipinski definition) is 2. The molecule has 2 aromatic rings. The Kier molecular flexibility index (Phi) is 3.74. The van der Waals surface area contributed by atoms with E-state index in [0.29, 0.717) is 10.6 Å². The number of fused-ring (bicyclic) bond motifs is 1. The minimum atomic E-state index is -0.0372. The molecule has 0 saturated heterocycles. The fourth-order valence-electron chi connectivity index (χ4n) is 3.08. The second-order valence-electron chi connectivity index (χ2n) is 6.39. The molecule has 1 aromatic carbocycles. The van der Waals surface area contributed by atoms with Crippen LogP contribution in [0, 0.1) is 5.41 Å². The third kappa shape index (κ3) is 2.69. The van der Waals surface area contributed by atoms with Crippen LogP contribution in [0.25, 0.3) is 10.1 Å². The van der Waals surface area contributed by atoms with E-state index in [1.165, 1.54) is 17.8 Å². The lowest BCUT2D eigenvalue weighted by molar-refractivity contribution is 0.0915. The Morgan fingerprint density at radius 3 is 2.90 bits per heavy atom. The number of hydrogen-bond acceptors (Lipinski definition) is 3. The molecule has 0 spiro atoms. The lowest BCUT2D eigenvalue weighted by Crippen LogP contribution is -2.41. The summed E-state index contributed by atoms with van der Waals surface area (Å²) in [7, 11) is 0. The van der Waals surface area contributed by atoms with Gasteiger partial charge in [0.2, 0.25) is 0 Å². The summed E-state index contributed by atoms with van der Waals surface area (Å²) in [6, 6.07) is 6.18. The average molecular weight is 367 g/mol. The molecule has 1 heterocycles. The monoisotopic (exact) mass is 366 g/mol. The first-order chi connectivity index (χ1) is 9.88. The molecule has 1 aromatic heterocycles. The van der Waals surface area contributed by atoms with E-state index in [-0.39, 0.29) is 17.4 Å². The standard InChI is InChI=1S/C16H19BrN2OS/c1-16(2)7-3-4-12(16)19-15(20)14-13(18)10-8-9(17)5-6-11(10)21-14/h5-6,8,12H,3-4,7,18H2,1-2H3,(H,19,20). The van der Waals surface area contributed by atoms with Crippen molar-refractivity contribution in [2.45, 2.75) is 39.2 Å². The van der Waals surface area contributed by atoms with E-state index in [4.69, 9.17) is 5.73 Å². The molecule has 3 N–H and O–H groups in total. The predicted octanol–water partition coefficient (Wildman–Crippen LogP) is 4.55. The number of nitrogen functional groups attached to an aromatic ring is 1. The van der Waals surface area contributed by atoms with Crippen LogP contribution in [-0.4, -0.2) is 11.9 Å². The van der Waals surface area contributed by atoms with Gasteiger partial charge in [-0.25, -0.2) is 0 Å². The number of rotatable bonds is 2. The zero-order valence-electron chi connectivity index (χ0n) is 12.2. The first-order valence-corrected chi connectivity index (χ1v) is 8.78. The molecule has 1 amide bonds. The summed E-state index contributed by atoms with van der Waals surface area (Å²) in [5, 5.41) is 4.13. The number of halogens is 1. The molecule has 0 bridgehead atoms. The van der Waals surface area contributed by atoms with Crippen molar-refractivity contribution in [3.8, 4) is 0 Å². The quantitative estimate of drug-likeness (QED) is 0.818. The topological polar surface area (TPSA) is 55.1 Å². The summed E-state index contributed by atoms with van der Waals surface area (Å²) in [6.45, 7) is 4.44. The number of thiophene rings is 1. The normalized spacial score (nSPS) is 20.8. The molecule has 1 aliphatic rings. The summed E-state index contributed by atoms with van der Waals surface area (Å²) < 4.78 is 2.02. The van der Waals surface area contributed by atoms with Gasteiger partial charge in [-0.2, -0.15) is 0 Å². The first kappa shape index (κ1) is 14.9. The Morgan fingerprint density at radius 2 is 2.24 bits per heavy atom. The van der Waals surface area contributed by atoms with Gasteiger partial charge < -0.3 is 11.1 Å². The number of benzene rings is 1. The van der Waals surface area contributed by atoms with E-state index in [1.54, 1.807) is 0 Å². The second kappa shape index (κ2) is 5.29. The minimum Gasteiger partial charge on any atom is -0.397 e. The van der Waals surface area contributed by atoms with Crippen molar-refractivity contribution in [3.63, 3.8) is 0 Å². The molecule has 0 radical (unpaired) electrons. The molecule has 21 heavy (non-hydrogen) atoms.